The maximum Gasteiger partial charge on any atom is 0.339 e. The second-order valence-electron chi connectivity index (χ2n) is 6.65. The summed E-state index contributed by atoms with van der Waals surface area (Å²) in [6.07, 6.45) is 3.51. The van der Waals surface area contributed by atoms with Crippen LogP contribution in [0.4, 0.5) is 0 Å². The van der Waals surface area contributed by atoms with Crippen LogP contribution in [0.5, 0.6) is 0 Å². The van der Waals surface area contributed by atoms with Gasteiger partial charge < -0.3 is 24.1 Å². The van der Waals surface area contributed by atoms with Crippen LogP contribution in [0.15, 0.2) is 32.0 Å². The third-order valence-electron chi connectivity index (χ3n) is 4.73. The Balaban J connectivity index is 1.85. The van der Waals surface area contributed by atoms with Gasteiger partial charge in [0.2, 0.25) is 5.91 Å². The smallest absolute Gasteiger partial charge is 0.339 e. The van der Waals surface area contributed by atoms with Gasteiger partial charge in [-0.15, -0.1) is 0 Å². The molecule has 0 bridgehead atoms. The van der Waals surface area contributed by atoms with Gasteiger partial charge in [0.25, 0.3) is 0 Å². The van der Waals surface area contributed by atoms with Crippen LogP contribution in [0.2, 0.25) is 0 Å². The van der Waals surface area contributed by atoms with Gasteiger partial charge in [-0.1, -0.05) is 0 Å². The molecular weight excluding hydrogens is 382 g/mol. The molecule has 8 heteroatoms. The van der Waals surface area contributed by atoms with Crippen LogP contribution in [-0.4, -0.2) is 29.9 Å². The lowest BCUT2D eigenvalue weighted by atomic mass is 10.0. The van der Waals surface area contributed by atoms with E-state index in [4.69, 9.17) is 8.83 Å². The second-order valence-corrected chi connectivity index (χ2v) is 7.56. The molecule has 0 unspecified atom stereocenters. The van der Waals surface area contributed by atoms with Gasteiger partial charge >= 0.3 is 5.63 Å². The molecule has 148 valence electrons. The van der Waals surface area contributed by atoms with E-state index in [1.54, 1.807) is 18.6 Å². The Morgan fingerprint density at radius 3 is 2.64 bits per heavy atom. The van der Waals surface area contributed by atoms with Crippen LogP contribution < -0.4 is 16.0 Å². The van der Waals surface area contributed by atoms with Crippen molar-refractivity contribution in [3.8, 4) is 0 Å². The Morgan fingerprint density at radius 2 is 1.96 bits per heavy atom. The SMILES string of the molecule is CSC[C@H](NC(=O)CCc1c(C)c2cc3c(C)coc3cc2oc1=O)C(=O)[O-]. The van der Waals surface area contributed by atoms with Crippen molar-refractivity contribution >= 4 is 45.6 Å². The number of aryl methyl sites for hydroxylation is 2. The minimum atomic E-state index is -1.33. The van der Waals surface area contributed by atoms with E-state index in [0.717, 1.165) is 21.9 Å². The van der Waals surface area contributed by atoms with E-state index in [0.29, 0.717) is 16.7 Å². The number of carboxylic acid groups (broad SMARTS) is 1. The first-order chi connectivity index (χ1) is 13.3. The molecule has 2 aromatic heterocycles. The van der Waals surface area contributed by atoms with Gasteiger partial charge in [-0.3, -0.25) is 4.79 Å². The number of carbonyl (C=O) groups is 2. The van der Waals surface area contributed by atoms with Gasteiger partial charge in [0.1, 0.15) is 11.2 Å². The van der Waals surface area contributed by atoms with Crippen molar-refractivity contribution < 1.29 is 23.5 Å². The Labute approximate surface area is 165 Å². The van der Waals surface area contributed by atoms with Gasteiger partial charge in [0.05, 0.1) is 18.3 Å². The first kappa shape index (κ1) is 20.0. The molecule has 0 aliphatic carbocycles. The van der Waals surface area contributed by atoms with E-state index in [-0.39, 0.29) is 18.6 Å². The number of carboxylic acids is 1. The molecule has 2 heterocycles. The molecule has 1 aromatic carbocycles. The lowest BCUT2D eigenvalue weighted by molar-refractivity contribution is -0.307. The molecule has 0 saturated carbocycles. The van der Waals surface area contributed by atoms with Crippen LogP contribution in [0.25, 0.3) is 21.9 Å². The predicted octanol–water partition coefficient (Wildman–Crippen LogP) is 1.69. The number of benzene rings is 1. The molecular formula is C20H20NO6S-. The summed E-state index contributed by atoms with van der Waals surface area (Å²) < 4.78 is 10.9. The zero-order chi connectivity index (χ0) is 20.4. The number of rotatable bonds is 7. The van der Waals surface area contributed by atoms with Crippen molar-refractivity contribution in [3.63, 3.8) is 0 Å². The highest BCUT2D eigenvalue weighted by molar-refractivity contribution is 7.98. The van der Waals surface area contributed by atoms with Gasteiger partial charge in [-0.05, 0) is 43.7 Å². The molecule has 3 aromatic rings. The number of hydrogen-bond acceptors (Lipinski definition) is 7. The van der Waals surface area contributed by atoms with Crippen molar-refractivity contribution in [3.05, 3.63) is 45.5 Å². The fraction of sp³-hybridized carbons (Fsp3) is 0.350. The average molecular weight is 402 g/mol. The Bertz CT molecular complexity index is 1110. The minimum absolute atomic E-state index is 0.0255. The van der Waals surface area contributed by atoms with E-state index in [2.05, 4.69) is 5.32 Å². The molecule has 0 aliphatic heterocycles. The molecule has 0 aliphatic rings. The number of fused-ring (bicyclic) bond motifs is 2. The molecule has 1 amide bonds. The second kappa shape index (κ2) is 8.10. The van der Waals surface area contributed by atoms with E-state index >= 15 is 0 Å². The van der Waals surface area contributed by atoms with Crippen LogP contribution in [-0.2, 0) is 16.0 Å². The number of carbonyl (C=O) groups excluding carboxylic acids is 2. The molecule has 0 spiro atoms. The Kier molecular flexibility index (Phi) is 5.79. The molecule has 0 fully saturated rings. The van der Waals surface area contributed by atoms with E-state index in [9.17, 15) is 19.5 Å². The van der Waals surface area contributed by atoms with Gasteiger partial charge in [-0.2, -0.15) is 11.8 Å². The highest BCUT2D eigenvalue weighted by Gasteiger charge is 2.17. The minimum Gasteiger partial charge on any atom is -0.548 e. The Hall–Kier alpha value is -2.74. The summed E-state index contributed by atoms with van der Waals surface area (Å²) in [5, 5.41) is 15.2. The molecule has 1 atom stereocenters. The summed E-state index contributed by atoms with van der Waals surface area (Å²) in [4.78, 5) is 35.6. The van der Waals surface area contributed by atoms with Crippen molar-refractivity contribution in [2.75, 3.05) is 12.0 Å². The molecule has 7 nitrogen and oxygen atoms in total. The van der Waals surface area contributed by atoms with Crippen LogP contribution in [0, 0.1) is 13.8 Å². The van der Waals surface area contributed by atoms with Gasteiger partial charge in [0.15, 0.2) is 0 Å². The molecule has 3 rings (SSSR count). The summed E-state index contributed by atoms with van der Waals surface area (Å²) in [5.41, 5.74) is 2.67. The fourth-order valence-corrected chi connectivity index (χ4v) is 3.72. The number of aliphatic carboxylic acids is 1. The fourth-order valence-electron chi connectivity index (χ4n) is 3.17. The summed E-state index contributed by atoms with van der Waals surface area (Å²) in [5.74, 6) is -1.57. The molecule has 1 N–H and O–H groups in total. The highest BCUT2D eigenvalue weighted by Crippen LogP contribution is 2.29. The van der Waals surface area contributed by atoms with Crippen molar-refractivity contribution in [1.29, 1.82) is 0 Å². The topological polar surface area (TPSA) is 113 Å². The van der Waals surface area contributed by atoms with E-state index in [1.165, 1.54) is 11.8 Å². The Morgan fingerprint density at radius 1 is 1.21 bits per heavy atom. The lowest BCUT2D eigenvalue weighted by Crippen LogP contribution is -2.49. The number of thioether (sulfide) groups is 1. The molecule has 28 heavy (non-hydrogen) atoms. The maximum absolute atomic E-state index is 12.4. The van der Waals surface area contributed by atoms with Crippen molar-refractivity contribution in [1.82, 2.24) is 5.32 Å². The average Bonchev–Trinajstić information content (AvgIpc) is 3.00. The number of hydrogen-bond donors (Lipinski definition) is 1. The quantitative estimate of drug-likeness (QED) is 0.598. The van der Waals surface area contributed by atoms with Gasteiger partial charge in [-0.25, -0.2) is 4.79 Å². The zero-order valence-electron chi connectivity index (χ0n) is 15.8. The first-order valence-corrected chi connectivity index (χ1v) is 10.1. The summed E-state index contributed by atoms with van der Waals surface area (Å²) in [7, 11) is 0. The lowest BCUT2D eigenvalue weighted by Gasteiger charge is -2.18. The summed E-state index contributed by atoms with van der Waals surface area (Å²) in [6.45, 7) is 3.74. The van der Waals surface area contributed by atoms with Crippen LogP contribution in [0.3, 0.4) is 0 Å². The van der Waals surface area contributed by atoms with Crippen LogP contribution in [0.1, 0.15) is 23.1 Å². The predicted molar refractivity (Wildman–Crippen MR) is 105 cm³/mol. The highest BCUT2D eigenvalue weighted by atomic mass is 32.2. The van der Waals surface area contributed by atoms with Crippen molar-refractivity contribution in [2.45, 2.75) is 32.7 Å². The third-order valence-corrected chi connectivity index (χ3v) is 5.40. The van der Waals surface area contributed by atoms with E-state index in [1.807, 2.05) is 19.9 Å². The van der Waals surface area contributed by atoms with Crippen LogP contribution >= 0.6 is 11.8 Å². The normalized spacial score (nSPS) is 12.4. The number of amides is 1. The first-order valence-electron chi connectivity index (χ1n) is 8.75. The number of furan rings is 1. The maximum atomic E-state index is 12.4. The zero-order valence-corrected chi connectivity index (χ0v) is 16.6. The third kappa shape index (κ3) is 3.91. The number of nitrogens with one attached hydrogen (secondary N) is 1. The largest absolute Gasteiger partial charge is 0.548 e. The molecule has 0 radical (unpaired) electrons. The summed E-state index contributed by atoms with van der Waals surface area (Å²) in [6, 6.07) is 2.54. The monoisotopic (exact) mass is 402 g/mol. The van der Waals surface area contributed by atoms with E-state index < -0.39 is 23.5 Å². The van der Waals surface area contributed by atoms with Crippen molar-refractivity contribution in [2.24, 2.45) is 0 Å². The summed E-state index contributed by atoms with van der Waals surface area (Å²) >= 11 is 1.30. The standard InChI is InChI=1S/C20H21NO6S/c1-10-8-26-16-7-17-14(6-13(10)16)11(2)12(20(25)27-17)4-5-18(22)21-15(9-28-3)19(23)24/h6-8,15H,4-5,9H2,1-3H3,(H,21,22)(H,23,24)/p-1/t15-/m0/s1. The molecule has 0 saturated heterocycles. The van der Waals surface area contributed by atoms with Gasteiger partial charge in [0, 0.05) is 34.6 Å².